The van der Waals surface area contributed by atoms with Crippen LogP contribution in [0.3, 0.4) is 0 Å². The van der Waals surface area contributed by atoms with E-state index in [1.54, 1.807) is 13.0 Å². The van der Waals surface area contributed by atoms with Crippen molar-refractivity contribution in [1.82, 2.24) is 19.7 Å². The smallest absolute Gasteiger partial charge is 0.159 e. The molecule has 0 aliphatic rings. The molecule has 0 saturated carbocycles. The van der Waals surface area contributed by atoms with Crippen molar-refractivity contribution in [2.45, 2.75) is 13.8 Å². The fourth-order valence-electron chi connectivity index (χ4n) is 1.26. The van der Waals surface area contributed by atoms with Crippen LogP contribution in [-0.2, 0) is 0 Å². The van der Waals surface area contributed by atoms with Crippen molar-refractivity contribution in [1.29, 1.82) is 0 Å². The Morgan fingerprint density at radius 3 is 2.60 bits per heavy atom. The quantitative estimate of drug-likeness (QED) is 0.796. The average molecular weight is 224 g/mol. The first-order chi connectivity index (χ1) is 7.09. The van der Waals surface area contributed by atoms with Crippen molar-refractivity contribution in [3.05, 3.63) is 28.8 Å². The maximum absolute atomic E-state index is 5.94. The van der Waals surface area contributed by atoms with E-state index in [0.717, 1.165) is 5.69 Å². The molecule has 2 rings (SSSR count). The van der Waals surface area contributed by atoms with Gasteiger partial charge < -0.3 is 5.73 Å². The predicted octanol–water partition coefficient (Wildman–Crippen LogP) is 1.51. The van der Waals surface area contributed by atoms with Crippen molar-refractivity contribution in [2.24, 2.45) is 0 Å². The maximum atomic E-state index is 5.94. The second-order valence-corrected chi connectivity index (χ2v) is 3.59. The molecule has 0 amide bonds. The zero-order valence-corrected chi connectivity index (χ0v) is 9.15. The van der Waals surface area contributed by atoms with E-state index in [1.807, 2.05) is 6.92 Å². The minimum absolute atomic E-state index is 0.396. The summed E-state index contributed by atoms with van der Waals surface area (Å²) >= 11 is 5.94. The average Bonchev–Trinajstić information content (AvgIpc) is 2.46. The van der Waals surface area contributed by atoms with Crippen LogP contribution in [0.25, 0.3) is 5.82 Å². The second kappa shape index (κ2) is 3.51. The van der Waals surface area contributed by atoms with E-state index in [4.69, 9.17) is 17.3 Å². The third-order valence-corrected chi connectivity index (χ3v) is 2.49. The third kappa shape index (κ3) is 1.66. The van der Waals surface area contributed by atoms with Gasteiger partial charge in [-0.3, -0.25) is 0 Å². The predicted molar refractivity (Wildman–Crippen MR) is 58.1 cm³/mol. The van der Waals surface area contributed by atoms with Crippen LogP contribution in [0.1, 0.15) is 11.4 Å². The van der Waals surface area contributed by atoms with Crippen LogP contribution in [0.4, 0.5) is 5.82 Å². The van der Waals surface area contributed by atoms with Gasteiger partial charge in [0, 0.05) is 11.8 Å². The molecule has 0 aromatic carbocycles. The summed E-state index contributed by atoms with van der Waals surface area (Å²) in [7, 11) is 0. The first kappa shape index (κ1) is 9.92. The molecule has 0 saturated heterocycles. The Kier molecular flexibility index (Phi) is 2.32. The molecule has 0 aliphatic carbocycles. The van der Waals surface area contributed by atoms with E-state index >= 15 is 0 Å². The van der Waals surface area contributed by atoms with Crippen LogP contribution in [-0.4, -0.2) is 19.7 Å². The van der Waals surface area contributed by atoms with Gasteiger partial charge in [-0.15, -0.1) is 0 Å². The highest BCUT2D eigenvalue weighted by Crippen LogP contribution is 2.24. The van der Waals surface area contributed by atoms with Crippen molar-refractivity contribution in [3.63, 3.8) is 0 Å². The van der Waals surface area contributed by atoms with Crippen LogP contribution in [0.15, 0.2) is 12.4 Å². The van der Waals surface area contributed by atoms with Gasteiger partial charge >= 0.3 is 0 Å². The van der Waals surface area contributed by atoms with E-state index in [2.05, 4.69) is 15.1 Å². The fourth-order valence-corrected chi connectivity index (χ4v) is 1.37. The Morgan fingerprint density at radius 1 is 1.33 bits per heavy atom. The van der Waals surface area contributed by atoms with Gasteiger partial charge in [0.1, 0.15) is 17.2 Å². The summed E-state index contributed by atoms with van der Waals surface area (Å²) in [4.78, 5) is 8.07. The minimum atomic E-state index is 0.396. The summed E-state index contributed by atoms with van der Waals surface area (Å²) in [5.74, 6) is 1.02. The van der Waals surface area contributed by atoms with Crippen molar-refractivity contribution < 1.29 is 0 Å². The largest absolute Gasteiger partial charge is 0.382 e. The lowest BCUT2D eigenvalue weighted by molar-refractivity contribution is 0.830. The van der Waals surface area contributed by atoms with E-state index < -0.39 is 0 Å². The molecule has 2 heterocycles. The highest BCUT2D eigenvalue weighted by Gasteiger charge is 2.12. The molecule has 0 bridgehead atoms. The number of hydrogen-bond donors (Lipinski definition) is 1. The third-order valence-electron chi connectivity index (χ3n) is 2.03. The topological polar surface area (TPSA) is 69.6 Å². The summed E-state index contributed by atoms with van der Waals surface area (Å²) in [6.45, 7) is 3.67. The number of nitrogens with two attached hydrogens (primary N) is 1. The van der Waals surface area contributed by atoms with Gasteiger partial charge in [0.25, 0.3) is 0 Å². The molecule has 0 atom stereocenters. The summed E-state index contributed by atoms with van der Waals surface area (Å²) < 4.78 is 1.51. The number of anilines is 1. The number of nitrogens with zero attached hydrogens (tertiary/aromatic N) is 4. The molecule has 0 unspecified atom stereocenters. The normalized spacial score (nSPS) is 10.6. The summed E-state index contributed by atoms with van der Waals surface area (Å²) in [6.07, 6.45) is 1.47. The molecule has 0 fully saturated rings. The van der Waals surface area contributed by atoms with Gasteiger partial charge in [-0.05, 0) is 13.8 Å². The van der Waals surface area contributed by atoms with Gasteiger partial charge in [-0.1, -0.05) is 11.6 Å². The molecule has 0 radical (unpaired) electrons. The van der Waals surface area contributed by atoms with E-state index in [0.29, 0.717) is 22.4 Å². The molecule has 78 valence electrons. The number of halogens is 1. The molecule has 0 spiro atoms. The lowest BCUT2D eigenvalue weighted by atomic mass is 10.4. The molecule has 2 aromatic heterocycles. The first-order valence-electron chi connectivity index (χ1n) is 4.39. The van der Waals surface area contributed by atoms with Crippen LogP contribution in [0, 0.1) is 13.8 Å². The molecule has 2 aromatic rings. The van der Waals surface area contributed by atoms with Crippen LogP contribution in [0.5, 0.6) is 0 Å². The Morgan fingerprint density at radius 2 is 2.07 bits per heavy atom. The highest BCUT2D eigenvalue weighted by atomic mass is 35.5. The van der Waals surface area contributed by atoms with E-state index in [1.165, 1.54) is 11.0 Å². The summed E-state index contributed by atoms with van der Waals surface area (Å²) in [6, 6.07) is 1.79. The van der Waals surface area contributed by atoms with Crippen molar-refractivity contribution in [3.8, 4) is 5.82 Å². The van der Waals surface area contributed by atoms with E-state index in [9.17, 15) is 0 Å². The summed E-state index contributed by atoms with van der Waals surface area (Å²) in [5.41, 5.74) is 7.33. The number of hydrogen-bond acceptors (Lipinski definition) is 4. The minimum Gasteiger partial charge on any atom is -0.382 e. The molecule has 15 heavy (non-hydrogen) atoms. The lowest BCUT2D eigenvalue weighted by Crippen LogP contribution is -2.04. The van der Waals surface area contributed by atoms with Gasteiger partial charge in [0.15, 0.2) is 5.82 Å². The Bertz CT molecular complexity index is 505. The fraction of sp³-hybridized carbons (Fsp3) is 0.222. The molecule has 0 aliphatic heterocycles. The van der Waals surface area contributed by atoms with Crippen LogP contribution >= 0.6 is 11.6 Å². The molecule has 2 N–H and O–H groups in total. The van der Waals surface area contributed by atoms with Crippen molar-refractivity contribution in [2.75, 3.05) is 5.73 Å². The first-order valence-corrected chi connectivity index (χ1v) is 4.77. The second-order valence-electron chi connectivity index (χ2n) is 3.21. The lowest BCUT2D eigenvalue weighted by Gasteiger charge is -2.02. The maximum Gasteiger partial charge on any atom is 0.159 e. The van der Waals surface area contributed by atoms with E-state index in [-0.39, 0.29) is 0 Å². The van der Waals surface area contributed by atoms with Crippen LogP contribution < -0.4 is 5.73 Å². The Hall–Kier alpha value is -1.62. The van der Waals surface area contributed by atoms with Gasteiger partial charge in [-0.2, -0.15) is 9.78 Å². The standard InChI is InChI=1S/C9H10ClN5/c1-5-3-7(13-4-12-5)15-9(11)8(10)6(2)14-15/h3-4H,11H2,1-2H3. The zero-order chi connectivity index (χ0) is 11.0. The van der Waals surface area contributed by atoms with Gasteiger partial charge in [0.05, 0.1) is 5.69 Å². The van der Waals surface area contributed by atoms with Gasteiger partial charge in [-0.25, -0.2) is 9.97 Å². The van der Waals surface area contributed by atoms with Crippen LogP contribution in [0.2, 0.25) is 5.02 Å². The number of rotatable bonds is 1. The summed E-state index contributed by atoms with van der Waals surface area (Å²) in [5, 5.41) is 4.65. The van der Waals surface area contributed by atoms with Gasteiger partial charge in [0.2, 0.25) is 0 Å². The number of aryl methyl sites for hydroxylation is 2. The van der Waals surface area contributed by atoms with Crippen molar-refractivity contribution >= 4 is 17.4 Å². The number of aromatic nitrogens is 4. The molecular formula is C9H10ClN5. The highest BCUT2D eigenvalue weighted by molar-refractivity contribution is 6.33. The number of nitrogen functional groups attached to an aromatic ring is 1. The molecular weight excluding hydrogens is 214 g/mol. The molecule has 6 heteroatoms. The zero-order valence-electron chi connectivity index (χ0n) is 8.40. The SMILES string of the molecule is Cc1cc(-n2nc(C)c(Cl)c2N)ncn1. The monoisotopic (exact) mass is 223 g/mol. The Labute approximate surface area is 91.9 Å². The Balaban J connectivity index is 2.59. The molecule has 5 nitrogen and oxygen atoms in total.